The Balaban J connectivity index is 1.84. The lowest BCUT2D eigenvalue weighted by Gasteiger charge is -2.00. The molecule has 2 aromatic carbocycles. The van der Waals surface area contributed by atoms with Gasteiger partial charge < -0.3 is 15.0 Å². The van der Waals surface area contributed by atoms with Gasteiger partial charge in [-0.25, -0.2) is 0 Å². The van der Waals surface area contributed by atoms with E-state index in [0.29, 0.717) is 10.6 Å². The van der Waals surface area contributed by atoms with Crippen molar-refractivity contribution in [3.8, 4) is 5.75 Å². The molecule has 5 heteroatoms. The molecule has 0 unspecified atom stereocenters. The van der Waals surface area contributed by atoms with Crippen LogP contribution in [0, 0.1) is 0 Å². The fraction of sp³-hybridized carbons (Fsp3) is 0.0556. The minimum Gasteiger partial charge on any atom is -0.497 e. The molecule has 2 heterocycles. The number of carbonyl (C=O) groups is 1. The molecule has 114 valence electrons. The second-order valence-corrected chi connectivity index (χ2v) is 5.79. The predicted octanol–water partition coefficient (Wildman–Crippen LogP) is 4.32. The van der Waals surface area contributed by atoms with Crippen LogP contribution in [0.3, 0.4) is 0 Å². The molecule has 1 aromatic heterocycles. The number of hydrogen-bond donors (Lipinski definition) is 2. The Morgan fingerprint density at radius 2 is 2.04 bits per heavy atom. The van der Waals surface area contributed by atoms with E-state index in [4.69, 9.17) is 16.3 Å². The third-order valence-electron chi connectivity index (χ3n) is 3.99. The molecule has 2 N–H and O–H groups in total. The molecule has 0 radical (unpaired) electrons. The summed E-state index contributed by atoms with van der Waals surface area (Å²) in [5.41, 5.74) is 4.16. The number of methoxy groups -OCH3 is 1. The topological polar surface area (TPSA) is 54.1 Å². The minimum atomic E-state index is -0.120. The molecule has 4 nitrogen and oxygen atoms in total. The number of hydrogen-bond acceptors (Lipinski definition) is 2. The predicted molar refractivity (Wildman–Crippen MR) is 92.8 cm³/mol. The highest BCUT2D eigenvalue weighted by molar-refractivity contribution is 6.36. The van der Waals surface area contributed by atoms with Crippen LogP contribution in [0.5, 0.6) is 5.75 Å². The van der Waals surface area contributed by atoms with E-state index >= 15 is 0 Å². The van der Waals surface area contributed by atoms with E-state index in [2.05, 4.69) is 10.3 Å². The SMILES string of the molecule is COc1ccc2c(C=C3C(=O)Nc4cc(Cl)ccc43)c[nH]c2c1. The van der Waals surface area contributed by atoms with Crippen molar-refractivity contribution in [2.75, 3.05) is 12.4 Å². The van der Waals surface area contributed by atoms with Gasteiger partial charge in [0, 0.05) is 44.9 Å². The second kappa shape index (κ2) is 5.18. The van der Waals surface area contributed by atoms with Gasteiger partial charge in [0.1, 0.15) is 5.75 Å². The van der Waals surface area contributed by atoms with Crippen LogP contribution in [0.15, 0.2) is 42.6 Å². The number of nitrogens with one attached hydrogen (secondary N) is 2. The average Bonchev–Trinajstić information content (AvgIpc) is 3.08. The number of benzene rings is 2. The summed E-state index contributed by atoms with van der Waals surface area (Å²) in [6.07, 6.45) is 3.78. The minimum absolute atomic E-state index is 0.120. The number of carbonyl (C=O) groups excluding carboxylic acids is 1. The normalized spacial score (nSPS) is 15.0. The van der Waals surface area contributed by atoms with Crippen LogP contribution < -0.4 is 10.1 Å². The fourth-order valence-electron chi connectivity index (χ4n) is 2.84. The summed E-state index contributed by atoms with van der Waals surface area (Å²) in [6, 6.07) is 11.2. The molecular formula is C18H13ClN2O2. The number of H-pyrrole nitrogens is 1. The van der Waals surface area contributed by atoms with Gasteiger partial charge in [0.15, 0.2) is 0 Å². The fourth-order valence-corrected chi connectivity index (χ4v) is 3.01. The zero-order valence-electron chi connectivity index (χ0n) is 12.3. The lowest BCUT2D eigenvalue weighted by molar-refractivity contribution is -0.110. The van der Waals surface area contributed by atoms with Crippen molar-refractivity contribution < 1.29 is 9.53 Å². The van der Waals surface area contributed by atoms with Gasteiger partial charge in [0.2, 0.25) is 0 Å². The lowest BCUT2D eigenvalue weighted by atomic mass is 10.0. The van der Waals surface area contributed by atoms with Crippen LogP contribution in [0.25, 0.3) is 22.6 Å². The third-order valence-corrected chi connectivity index (χ3v) is 4.22. The summed E-state index contributed by atoms with van der Waals surface area (Å²) in [5.74, 6) is 0.669. The molecule has 3 aromatic rings. The first-order valence-electron chi connectivity index (χ1n) is 7.14. The van der Waals surface area contributed by atoms with Crippen LogP contribution in [0.1, 0.15) is 11.1 Å². The number of anilines is 1. The van der Waals surface area contributed by atoms with Crippen LogP contribution in [-0.4, -0.2) is 18.0 Å². The van der Waals surface area contributed by atoms with Gasteiger partial charge in [-0.3, -0.25) is 4.79 Å². The highest BCUT2D eigenvalue weighted by Gasteiger charge is 2.24. The van der Waals surface area contributed by atoms with Gasteiger partial charge in [-0.1, -0.05) is 17.7 Å². The molecule has 0 fully saturated rings. The van der Waals surface area contributed by atoms with Gasteiger partial charge in [0.05, 0.1) is 12.8 Å². The Hall–Kier alpha value is -2.72. The first kappa shape index (κ1) is 13.9. The molecule has 1 aliphatic heterocycles. The van der Waals surface area contributed by atoms with Crippen LogP contribution in [-0.2, 0) is 4.79 Å². The summed E-state index contributed by atoms with van der Waals surface area (Å²) in [5, 5.41) is 4.48. The smallest absolute Gasteiger partial charge is 0.256 e. The highest BCUT2D eigenvalue weighted by Crippen LogP contribution is 2.36. The summed E-state index contributed by atoms with van der Waals surface area (Å²) >= 11 is 5.98. The van der Waals surface area contributed by atoms with Crippen molar-refractivity contribution in [2.45, 2.75) is 0 Å². The standard InChI is InChI=1S/C18H13ClN2O2/c1-23-12-3-5-13-10(9-20-16(13)8-12)6-15-14-4-2-11(19)7-17(14)21-18(15)22/h2-9,20H,1H3,(H,21,22). The summed E-state index contributed by atoms with van der Waals surface area (Å²) in [4.78, 5) is 15.5. The van der Waals surface area contributed by atoms with Crippen LogP contribution in [0.2, 0.25) is 5.02 Å². The number of aromatic amines is 1. The summed E-state index contributed by atoms with van der Waals surface area (Å²) in [7, 11) is 1.64. The van der Waals surface area contributed by atoms with Gasteiger partial charge in [0.25, 0.3) is 5.91 Å². The van der Waals surface area contributed by atoms with Crippen molar-refractivity contribution in [1.82, 2.24) is 4.98 Å². The number of rotatable bonds is 2. The van der Waals surface area contributed by atoms with E-state index in [-0.39, 0.29) is 5.91 Å². The number of halogens is 1. The summed E-state index contributed by atoms with van der Waals surface area (Å²) < 4.78 is 5.23. The zero-order valence-corrected chi connectivity index (χ0v) is 13.1. The first-order valence-corrected chi connectivity index (χ1v) is 7.51. The molecule has 1 amide bonds. The quantitative estimate of drug-likeness (QED) is 0.690. The largest absolute Gasteiger partial charge is 0.497 e. The number of aromatic nitrogens is 1. The Labute approximate surface area is 137 Å². The average molecular weight is 325 g/mol. The van der Waals surface area contributed by atoms with Crippen molar-refractivity contribution in [3.05, 3.63) is 58.7 Å². The third kappa shape index (κ3) is 2.28. The second-order valence-electron chi connectivity index (χ2n) is 5.36. The molecule has 0 aliphatic carbocycles. The Morgan fingerprint density at radius 1 is 1.17 bits per heavy atom. The van der Waals surface area contributed by atoms with E-state index < -0.39 is 0 Å². The van der Waals surface area contributed by atoms with Crippen molar-refractivity contribution in [2.24, 2.45) is 0 Å². The van der Waals surface area contributed by atoms with E-state index in [1.165, 1.54) is 0 Å². The van der Waals surface area contributed by atoms with Gasteiger partial charge in [-0.2, -0.15) is 0 Å². The Morgan fingerprint density at radius 3 is 2.87 bits per heavy atom. The first-order chi connectivity index (χ1) is 11.2. The van der Waals surface area contributed by atoms with Crippen molar-refractivity contribution in [3.63, 3.8) is 0 Å². The molecule has 0 saturated carbocycles. The summed E-state index contributed by atoms with van der Waals surface area (Å²) in [6.45, 7) is 0. The maximum atomic E-state index is 12.3. The number of fused-ring (bicyclic) bond motifs is 2. The molecule has 23 heavy (non-hydrogen) atoms. The zero-order chi connectivity index (χ0) is 16.0. The monoisotopic (exact) mass is 324 g/mol. The molecule has 1 aliphatic rings. The van der Waals surface area contributed by atoms with Crippen LogP contribution in [0.4, 0.5) is 5.69 Å². The molecule has 0 bridgehead atoms. The van der Waals surface area contributed by atoms with E-state index in [1.54, 1.807) is 19.2 Å². The molecular weight excluding hydrogens is 312 g/mol. The lowest BCUT2D eigenvalue weighted by Crippen LogP contribution is -2.03. The van der Waals surface area contributed by atoms with E-state index in [9.17, 15) is 4.79 Å². The maximum Gasteiger partial charge on any atom is 0.256 e. The number of amides is 1. The Bertz CT molecular complexity index is 972. The molecule has 0 spiro atoms. The van der Waals surface area contributed by atoms with Gasteiger partial charge in [-0.05, 0) is 30.3 Å². The highest BCUT2D eigenvalue weighted by atomic mass is 35.5. The van der Waals surface area contributed by atoms with Crippen molar-refractivity contribution in [1.29, 1.82) is 0 Å². The molecule has 0 atom stereocenters. The maximum absolute atomic E-state index is 12.3. The molecule has 0 saturated heterocycles. The van der Waals surface area contributed by atoms with Gasteiger partial charge in [-0.15, -0.1) is 0 Å². The van der Waals surface area contributed by atoms with E-state index in [0.717, 1.165) is 33.5 Å². The van der Waals surface area contributed by atoms with Gasteiger partial charge >= 0.3 is 0 Å². The van der Waals surface area contributed by atoms with E-state index in [1.807, 2.05) is 36.5 Å². The van der Waals surface area contributed by atoms with Crippen LogP contribution >= 0.6 is 11.6 Å². The molecule has 4 rings (SSSR count). The number of ether oxygens (including phenoxy) is 1. The van der Waals surface area contributed by atoms with Crippen molar-refractivity contribution >= 4 is 45.7 Å². The Kier molecular flexibility index (Phi) is 3.13.